The largest absolute Gasteiger partial charge is 0.351 e. The van der Waals surface area contributed by atoms with Gasteiger partial charge in [0.1, 0.15) is 0 Å². The summed E-state index contributed by atoms with van der Waals surface area (Å²) in [5.41, 5.74) is 5.55. The summed E-state index contributed by atoms with van der Waals surface area (Å²) in [6.07, 6.45) is 3.20. The van der Waals surface area contributed by atoms with Crippen molar-refractivity contribution < 1.29 is 4.79 Å². The second-order valence-corrected chi connectivity index (χ2v) is 4.92. The van der Waals surface area contributed by atoms with Crippen LogP contribution in [-0.2, 0) is 4.79 Å². The van der Waals surface area contributed by atoms with Gasteiger partial charge in [-0.25, -0.2) is 0 Å². The molecular formula is C10H20N2O. The highest BCUT2D eigenvalue weighted by Crippen LogP contribution is 2.19. The lowest BCUT2D eigenvalue weighted by atomic mass is 9.95. The van der Waals surface area contributed by atoms with Crippen molar-refractivity contribution in [3.8, 4) is 0 Å². The molecule has 0 bridgehead atoms. The Morgan fingerprint density at radius 3 is 2.38 bits per heavy atom. The Hall–Kier alpha value is -0.570. The van der Waals surface area contributed by atoms with Gasteiger partial charge in [-0.05, 0) is 19.3 Å². The van der Waals surface area contributed by atoms with Crippen LogP contribution in [0.1, 0.15) is 40.0 Å². The average molecular weight is 184 g/mol. The fraction of sp³-hybridized carbons (Fsp3) is 0.900. The second-order valence-electron chi connectivity index (χ2n) is 4.92. The maximum Gasteiger partial charge on any atom is 0.225 e. The molecule has 0 saturated heterocycles. The normalized spacial score (nSPS) is 28.9. The highest BCUT2D eigenvalue weighted by atomic mass is 16.2. The number of carbonyl (C=O) groups excluding carboxylic acids is 1. The molecule has 0 aromatic heterocycles. The van der Waals surface area contributed by atoms with E-state index in [1.165, 1.54) is 0 Å². The molecule has 1 fully saturated rings. The van der Waals surface area contributed by atoms with Crippen molar-refractivity contribution in [1.29, 1.82) is 0 Å². The number of nitrogens with one attached hydrogen (secondary N) is 1. The van der Waals surface area contributed by atoms with Gasteiger partial charge >= 0.3 is 0 Å². The maximum atomic E-state index is 11.6. The van der Waals surface area contributed by atoms with Gasteiger partial charge in [0.2, 0.25) is 5.91 Å². The van der Waals surface area contributed by atoms with Gasteiger partial charge < -0.3 is 11.1 Å². The molecule has 1 aliphatic carbocycles. The molecule has 3 N–H and O–H groups in total. The van der Waals surface area contributed by atoms with E-state index in [2.05, 4.69) is 5.32 Å². The van der Waals surface area contributed by atoms with Crippen LogP contribution in [0.25, 0.3) is 0 Å². The van der Waals surface area contributed by atoms with E-state index >= 15 is 0 Å². The highest BCUT2D eigenvalue weighted by Gasteiger charge is 2.29. The first-order chi connectivity index (χ1) is 5.91. The van der Waals surface area contributed by atoms with E-state index in [1.54, 1.807) is 0 Å². The van der Waals surface area contributed by atoms with Crippen molar-refractivity contribution in [3.63, 3.8) is 0 Å². The Bertz CT molecular complexity index is 196. The van der Waals surface area contributed by atoms with Crippen molar-refractivity contribution in [2.45, 2.75) is 52.1 Å². The molecule has 0 aromatic carbocycles. The minimum absolute atomic E-state index is 0.106. The molecule has 0 heterocycles. The van der Waals surface area contributed by atoms with Crippen LogP contribution in [0.15, 0.2) is 0 Å². The quantitative estimate of drug-likeness (QED) is 0.639. The Morgan fingerprint density at radius 2 is 2.00 bits per heavy atom. The first-order valence-electron chi connectivity index (χ1n) is 4.98. The first-order valence-corrected chi connectivity index (χ1v) is 4.98. The molecule has 0 aromatic rings. The third-order valence-corrected chi connectivity index (χ3v) is 2.57. The minimum Gasteiger partial charge on any atom is -0.351 e. The van der Waals surface area contributed by atoms with E-state index < -0.39 is 0 Å². The van der Waals surface area contributed by atoms with E-state index in [1.807, 2.05) is 20.8 Å². The van der Waals surface area contributed by atoms with Gasteiger partial charge in [0.05, 0.1) is 0 Å². The molecule has 0 spiro atoms. The Balaban J connectivity index is 2.45. The number of rotatable bonds is 1. The maximum absolute atomic E-state index is 11.6. The molecule has 3 heteroatoms. The molecule has 1 saturated carbocycles. The fourth-order valence-corrected chi connectivity index (χ4v) is 1.55. The average Bonchev–Trinajstić information content (AvgIpc) is 2.34. The van der Waals surface area contributed by atoms with Crippen molar-refractivity contribution in [3.05, 3.63) is 0 Å². The molecule has 1 rings (SSSR count). The zero-order chi connectivity index (χ0) is 10.1. The van der Waals surface area contributed by atoms with Gasteiger partial charge in [-0.15, -0.1) is 0 Å². The summed E-state index contributed by atoms with van der Waals surface area (Å²) in [5, 5.41) is 3.00. The standard InChI is InChI=1S/C10H20N2O/c1-10(2,3)9(13)12-8-6-4-5-7(8)11/h7-8H,4-6,11H2,1-3H3,(H,12,13). The lowest BCUT2D eigenvalue weighted by Gasteiger charge is -2.23. The van der Waals surface area contributed by atoms with Gasteiger partial charge in [0.15, 0.2) is 0 Å². The smallest absolute Gasteiger partial charge is 0.225 e. The summed E-state index contributed by atoms with van der Waals surface area (Å²) in [7, 11) is 0. The fourth-order valence-electron chi connectivity index (χ4n) is 1.55. The lowest BCUT2D eigenvalue weighted by Crippen LogP contribution is -2.47. The van der Waals surface area contributed by atoms with E-state index in [0.29, 0.717) is 0 Å². The van der Waals surface area contributed by atoms with Crippen LogP contribution in [0.4, 0.5) is 0 Å². The molecule has 1 aliphatic rings. The zero-order valence-electron chi connectivity index (χ0n) is 8.76. The number of nitrogens with two attached hydrogens (primary N) is 1. The number of amides is 1. The predicted molar refractivity (Wildman–Crippen MR) is 53.2 cm³/mol. The number of hydrogen-bond acceptors (Lipinski definition) is 2. The van der Waals surface area contributed by atoms with E-state index in [9.17, 15) is 4.79 Å². The third kappa shape index (κ3) is 2.69. The second kappa shape index (κ2) is 3.66. The summed E-state index contributed by atoms with van der Waals surface area (Å²) in [5.74, 6) is 0.106. The first kappa shape index (κ1) is 10.5. The molecule has 2 unspecified atom stereocenters. The van der Waals surface area contributed by atoms with Crippen LogP contribution in [-0.4, -0.2) is 18.0 Å². The summed E-state index contributed by atoms with van der Waals surface area (Å²) < 4.78 is 0. The van der Waals surface area contributed by atoms with Crippen molar-refractivity contribution in [2.75, 3.05) is 0 Å². The highest BCUT2D eigenvalue weighted by molar-refractivity contribution is 5.81. The number of carbonyl (C=O) groups is 1. The van der Waals surface area contributed by atoms with Crippen molar-refractivity contribution in [2.24, 2.45) is 11.1 Å². The van der Waals surface area contributed by atoms with E-state index in [4.69, 9.17) is 5.73 Å². The summed E-state index contributed by atoms with van der Waals surface area (Å²) in [4.78, 5) is 11.6. The summed E-state index contributed by atoms with van der Waals surface area (Å²) in [6, 6.07) is 0.359. The summed E-state index contributed by atoms with van der Waals surface area (Å²) in [6.45, 7) is 5.76. The topological polar surface area (TPSA) is 55.1 Å². The lowest BCUT2D eigenvalue weighted by molar-refractivity contribution is -0.129. The summed E-state index contributed by atoms with van der Waals surface area (Å²) >= 11 is 0. The van der Waals surface area contributed by atoms with Gasteiger partial charge in [-0.3, -0.25) is 4.79 Å². The van der Waals surface area contributed by atoms with Gasteiger partial charge in [0, 0.05) is 17.5 Å². The minimum atomic E-state index is -0.303. The van der Waals surface area contributed by atoms with Crippen LogP contribution in [0.3, 0.4) is 0 Å². The molecule has 0 radical (unpaired) electrons. The van der Waals surface area contributed by atoms with Crippen molar-refractivity contribution >= 4 is 5.91 Å². The number of hydrogen-bond donors (Lipinski definition) is 2. The van der Waals surface area contributed by atoms with Crippen LogP contribution >= 0.6 is 0 Å². The molecule has 13 heavy (non-hydrogen) atoms. The molecule has 1 amide bonds. The van der Waals surface area contributed by atoms with Crippen LogP contribution < -0.4 is 11.1 Å². The van der Waals surface area contributed by atoms with E-state index in [-0.39, 0.29) is 23.4 Å². The van der Waals surface area contributed by atoms with Crippen LogP contribution in [0.2, 0.25) is 0 Å². The molecule has 2 atom stereocenters. The molecule has 0 aliphatic heterocycles. The zero-order valence-corrected chi connectivity index (χ0v) is 8.76. The molecule has 3 nitrogen and oxygen atoms in total. The monoisotopic (exact) mass is 184 g/mol. The van der Waals surface area contributed by atoms with Crippen LogP contribution in [0.5, 0.6) is 0 Å². The van der Waals surface area contributed by atoms with Gasteiger partial charge in [-0.2, -0.15) is 0 Å². The predicted octanol–water partition coefficient (Wildman–Crippen LogP) is 1.03. The Labute approximate surface area is 80.1 Å². The van der Waals surface area contributed by atoms with Crippen molar-refractivity contribution in [1.82, 2.24) is 5.32 Å². The van der Waals surface area contributed by atoms with Gasteiger partial charge in [0.25, 0.3) is 0 Å². The van der Waals surface area contributed by atoms with Gasteiger partial charge in [-0.1, -0.05) is 20.8 Å². The Morgan fingerprint density at radius 1 is 1.38 bits per heavy atom. The van der Waals surface area contributed by atoms with Crippen LogP contribution in [0, 0.1) is 5.41 Å². The third-order valence-electron chi connectivity index (χ3n) is 2.57. The molecule has 76 valence electrons. The Kier molecular flexibility index (Phi) is 2.96. The van der Waals surface area contributed by atoms with E-state index in [0.717, 1.165) is 19.3 Å². The molecular weight excluding hydrogens is 164 g/mol. The SMILES string of the molecule is CC(C)(C)C(=O)NC1CCCC1N.